The lowest BCUT2D eigenvalue weighted by atomic mass is 10.3. The third-order valence-electron chi connectivity index (χ3n) is 2.72. The second-order valence-electron chi connectivity index (χ2n) is 4.52. The van der Waals surface area contributed by atoms with E-state index in [1.165, 1.54) is 25.3 Å². The molecule has 0 saturated heterocycles. The van der Waals surface area contributed by atoms with Crippen LogP contribution in [-0.2, 0) is 10.1 Å². The molecule has 0 atom stereocenters. The topological polar surface area (TPSA) is 126 Å². The van der Waals surface area contributed by atoms with E-state index >= 15 is 0 Å². The fourth-order valence-electron chi connectivity index (χ4n) is 1.68. The highest BCUT2D eigenvalue weighted by Crippen LogP contribution is 2.19. The summed E-state index contributed by atoms with van der Waals surface area (Å²) in [6, 6.07) is 5.77. The van der Waals surface area contributed by atoms with Crippen LogP contribution in [0.2, 0.25) is 0 Å². The van der Waals surface area contributed by atoms with Gasteiger partial charge in [0.25, 0.3) is 10.1 Å². The number of nitrogens with one attached hydrogen (secondary N) is 2. The molecule has 124 valence electrons. The van der Waals surface area contributed by atoms with Crippen molar-refractivity contribution in [3.05, 3.63) is 24.3 Å². The molecule has 0 aliphatic heterocycles. The molecular weight excluding hydrogens is 322 g/mol. The predicted molar refractivity (Wildman–Crippen MR) is 84.7 cm³/mol. The summed E-state index contributed by atoms with van der Waals surface area (Å²) in [5, 5.41) is 5.86. The zero-order chi connectivity index (χ0) is 16.9. The normalized spacial score (nSPS) is 11.1. The number of ether oxygens (including phenoxy) is 1. The second-order valence-corrected chi connectivity index (χ2v) is 5.95. The van der Waals surface area contributed by atoms with E-state index in [1.807, 2.05) is 6.92 Å². The summed E-state index contributed by atoms with van der Waals surface area (Å²) < 4.78 is 36.4. The van der Waals surface area contributed by atoms with Crippen molar-refractivity contribution < 1.29 is 17.7 Å². The number of rotatable bonds is 7. The maximum Gasteiger partial charge on any atom is 0.322 e. The Kier molecular flexibility index (Phi) is 5.29. The van der Waals surface area contributed by atoms with Gasteiger partial charge in [-0.3, -0.25) is 4.55 Å². The fourth-order valence-corrected chi connectivity index (χ4v) is 2.21. The third-order valence-corrected chi connectivity index (χ3v) is 3.57. The van der Waals surface area contributed by atoms with Gasteiger partial charge >= 0.3 is 6.01 Å². The van der Waals surface area contributed by atoms with Crippen molar-refractivity contribution in [3.63, 3.8) is 0 Å². The molecule has 23 heavy (non-hydrogen) atoms. The van der Waals surface area contributed by atoms with Crippen molar-refractivity contribution in [1.82, 2.24) is 15.0 Å². The Labute approximate surface area is 133 Å². The Morgan fingerprint density at radius 3 is 2.61 bits per heavy atom. The fraction of sp³-hybridized carbons (Fsp3) is 0.308. The van der Waals surface area contributed by atoms with E-state index in [9.17, 15) is 8.42 Å². The van der Waals surface area contributed by atoms with Gasteiger partial charge in [0, 0.05) is 12.2 Å². The summed E-state index contributed by atoms with van der Waals surface area (Å²) in [4.78, 5) is 12.0. The molecular formula is C13H17N5O4S. The lowest BCUT2D eigenvalue weighted by Gasteiger charge is -2.09. The number of benzene rings is 1. The molecule has 0 bridgehead atoms. The van der Waals surface area contributed by atoms with Crippen LogP contribution in [0.4, 0.5) is 17.6 Å². The molecule has 1 heterocycles. The van der Waals surface area contributed by atoms with Crippen LogP contribution < -0.4 is 15.4 Å². The van der Waals surface area contributed by atoms with E-state index in [-0.39, 0.29) is 16.9 Å². The first-order valence-electron chi connectivity index (χ1n) is 6.81. The minimum atomic E-state index is -4.28. The monoisotopic (exact) mass is 339 g/mol. The van der Waals surface area contributed by atoms with Crippen molar-refractivity contribution in [2.24, 2.45) is 0 Å². The van der Waals surface area contributed by atoms with Crippen molar-refractivity contribution in [2.75, 3.05) is 24.3 Å². The van der Waals surface area contributed by atoms with Gasteiger partial charge in [-0.2, -0.15) is 23.4 Å². The first-order chi connectivity index (χ1) is 10.9. The van der Waals surface area contributed by atoms with Crippen molar-refractivity contribution in [2.45, 2.75) is 18.2 Å². The van der Waals surface area contributed by atoms with Crippen molar-refractivity contribution in [1.29, 1.82) is 0 Å². The summed E-state index contributed by atoms with van der Waals surface area (Å²) in [5.41, 5.74) is 0.398. The number of aromatic nitrogens is 3. The molecule has 0 unspecified atom stereocenters. The third kappa shape index (κ3) is 4.76. The maximum atomic E-state index is 11.2. The van der Waals surface area contributed by atoms with Crippen LogP contribution in [-0.4, -0.2) is 41.6 Å². The molecule has 2 rings (SSSR count). The predicted octanol–water partition coefficient (Wildman–Crippen LogP) is 1.69. The van der Waals surface area contributed by atoms with Gasteiger partial charge in [-0.15, -0.1) is 0 Å². The SMILES string of the molecule is CCCNc1nc(Nc2cccc(S(=O)(=O)O)c2)nc(OC)n1. The van der Waals surface area contributed by atoms with Crippen LogP contribution in [0, 0.1) is 0 Å². The zero-order valence-electron chi connectivity index (χ0n) is 12.6. The van der Waals surface area contributed by atoms with Gasteiger partial charge in [0.15, 0.2) is 0 Å². The van der Waals surface area contributed by atoms with E-state index in [0.29, 0.717) is 18.2 Å². The largest absolute Gasteiger partial charge is 0.467 e. The molecule has 1 aromatic heterocycles. The van der Waals surface area contributed by atoms with Gasteiger partial charge in [-0.1, -0.05) is 13.0 Å². The Hall–Kier alpha value is -2.46. The number of methoxy groups -OCH3 is 1. The van der Waals surface area contributed by atoms with E-state index in [0.717, 1.165) is 6.42 Å². The average Bonchev–Trinajstić information content (AvgIpc) is 2.52. The summed E-state index contributed by atoms with van der Waals surface area (Å²) >= 11 is 0. The Bertz CT molecular complexity index is 782. The number of nitrogens with zero attached hydrogens (tertiary/aromatic N) is 3. The summed E-state index contributed by atoms with van der Waals surface area (Å²) in [6.45, 7) is 2.69. The Morgan fingerprint density at radius 2 is 1.96 bits per heavy atom. The van der Waals surface area contributed by atoms with E-state index < -0.39 is 10.1 Å². The molecule has 9 nitrogen and oxygen atoms in total. The van der Waals surface area contributed by atoms with Crippen molar-refractivity contribution >= 4 is 27.7 Å². The zero-order valence-corrected chi connectivity index (χ0v) is 13.5. The number of hydrogen-bond donors (Lipinski definition) is 3. The first kappa shape index (κ1) is 16.9. The molecule has 0 saturated carbocycles. The molecule has 0 amide bonds. The molecule has 2 aromatic rings. The van der Waals surface area contributed by atoms with E-state index in [4.69, 9.17) is 9.29 Å². The van der Waals surface area contributed by atoms with E-state index in [2.05, 4.69) is 25.6 Å². The van der Waals surface area contributed by atoms with Gasteiger partial charge in [0.05, 0.1) is 12.0 Å². The molecule has 0 fully saturated rings. The maximum absolute atomic E-state index is 11.2. The molecule has 0 spiro atoms. The van der Waals surface area contributed by atoms with Gasteiger partial charge in [-0.05, 0) is 24.6 Å². The lowest BCUT2D eigenvalue weighted by molar-refractivity contribution is 0.379. The average molecular weight is 339 g/mol. The summed E-state index contributed by atoms with van der Waals surface area (Å²) in [6.07, 6.45) is 0.896. The van der Waals surface area contributed by atoms with Crippen LogP contribution in [0.1, 0.15) is 13.3 Å². The van der Waals surface area contributed by atoms with Crippen LogP contribution in [0.25, 0.3) is 0 Å². The Balaban J connectivity index is 2.28. The van der Waals surface area contributed by atoms with Gasteiger partial charge < -0.3 is 15.4 Å². The highest BCUT2D eigenvalue weighted by molar-refractivity contribution is 7.85. The standard InChI is InChI=1S/C13H17N5O4S/c1-3-7-14-11-16-12(18-13(17-11)22-2)15-9-5-4-6-10(8-9)23(19,20)21/h4-6,8H,3,7H2,1-2H3,(H,19,20,21)(H2,14,15,16,17,18). The minimum absolute atomic E-state index is 0.118. The molecule has 1 aromatic carbocycles. The van der Waals surface area contributed by atoms with Crippen LogP contribution in [0.15, 0.2) is 29.2 Å². The van der Waals surface area contributed by atoms with Gasteiger partial charge in [0.1, 0.15) is 0 Å². The first-order valence-corrected chi connectivity index (χ1v) is 8.25. The second kappa shape index (κ2) is 7.20. The quantitative estimate of drug-likeness (QED) is 0.646. The van der Waals surface area contributed by atoms with E-state index in [1.54, 1.807) is 6.07 Å². The molecule has 3 N–H and O–H groups in total. The smallest absolute Gasteiger partial charge is 0.322 e. The molecule has 0 radical (unpaired) electrons. The van der Waals surface area contributed by atoms with Crippen LogP contribution in [0.5, 0.6) is 6.01 Å². The van der Waals surface area contributed by atoms with Crippen LogP contribution in [0.3, 0.4) is 0 Å². The van der Waals surface area contributed by atoms with Gasteiger partial charge in [0.2, 0.25) is 11.9 Å². The van der Waals surface area contributed by atoms with Gasteiger partial charge in [-0.25, -0.2) is 0 Å². The molecule has 0 aliphatic rings. The summed E-state index contributed by atoms with van der Waals surface area (Å²) in [5.74, 6) is 0.523. The minimum Gasteiger partial charge on any atom is -0.467 e. The van der Waals surface area contributed by atoms with Crippen LogP contribution >= 0.6 is 0 Å². The highest BCUT2D eigenvalue weighted by atomic mass is 32.2. The molecule has 10 heteroatoms. The Morgan fingerprint density at radius 1 is 1.22 bits per heavy atom. The lowest BCUT2D eigenvalue weighted by Crippen LogP contribution is -2.09. The highest BCUT2D eigenvalue weighted by Gasteiger charge is 2.11. The van der Waals surface area contributed by atoms with Crippen molar-refractivity contribution in [3.8, 4) is 6.01 Å². The molecule has 0 aliphatic carbocycles. The summed E-state index contributed by atoms with van der Waals surface area (Å²) in [7, 11) is -2.85. The number of anilines is 3. The number of hydrogen-bond acceptors (Lipinski definition) is 8.